The van der Waals surface area contributed by atoms with E-state index in [2.05, 4.69) is 45.0 Å². The maximum atomic E-state index is 14.0. The van der Waals surface area contributed by atoms with Gasteiger partial charge in [-0.05, 0) is 74.8 Å². The standard InChI is InChI=1S/C28H32FN5OS/c1-18-17-21(19(2)34(18)20-9-3-4-10-20)27-26(24-13-7-8-15-30-24)32-28(36)33(27)16-14-25(35)31-23-12-6-5-11-22(23)29/h5-8,11-13,15,17,20,26-27H,3-4,9-10,14,16H2,1-2H3,(H,31,35)(H,32,36)/t26-,27+/m1/s1. The van der Waals surface area contributed by atoms with Crippen LogP contribution in [0.4, 0.5) is 10.1 Å². The zero-order valence-electron chi connectivity index (χ0n) is 20.7. The van der Waals surface area contributed by atoms with Crippen molar-refractivity contribution in [3.05, 3.63) is 83.2 Å². The zero-order valence-corrected chi connectivity index (χ0v) is 21.5. The van der Waals surface area contributed by atoms with Crippen LogP contribution in [0.25, 0.3) is 0 Å². The van der Waals surface area contributed by atoms with Gasteiger partial charge in [-0.15, -0.1) is 0 Å². The third-order valence-electron chi connectivity index (χ3n) is 7.46. The highest BCUT2D eigenvalue weighted by atomic mass is 32.1. The van der Waals surface area contributed by atoms with Crippen molar-refractivity contribution in [2.24, 2.45) is 0 Å². The number of carbonyl (C=O) groups excluding carboxylic acids is 1. The highest BCUT2D eigenvalue weighted by Crippen LogP contribution is 2.43. The quantitative estimate of drug-likeness (QED) is 0.400. The Kier molecular flexibility index (Phi) is 7.05. The molecule has 2 aliphatic rings. The van der Waals surface area contributed by atoms with E-state index >= 15 is 0 Å². The van der Waals surface area contributed by atoms with Crippen LogP contribution in [0, 0.1) is 19.7 Å². The molecule has 1 saturated carbocycles. The summed E-state index contributed by atoms with van der Waals surface area (Å²) in [7, 11) is 0. The lowest BCUT2D eigenvalue weighted by molar-refractivity contribution is -0.116. The van der Waals surface area contributed by atoms with Crippen LogP contribution in [0.15, 0.2) is 54.7 Å². The van der Waals surface area contributed by atoms with Gasteiger partial charge in [0.1, 0.15) is 5.82 Å². The number of benzene rings is 1. The van der Waals surface area contributed by atoms with Gasteiger partial charge in [0.15, 0.2) is 5.11 Å². The fourth-order valence-electron chi connectivity index (χ4n) is 5.81. The molecule has 8 heteroatoms. The molecule has 2 N–H and O–H groups in total. The van der Waals surface area contributed by atoms with Gasteiger partial charge in [0.05, 0.1) is 23.5 Å². The fourth-order valence-corrected chi connectivity index (χ4v) is 6.14. The number of para-hydroxylation sites is 1. The third-order valence-corrected chi connectivity index (χ3v) is 7.81. The minimum absolute atomic E-state index is 0.102. The summed E-state index contributed by atoms with van der Waals surface area (Å²) in [5.74, 6) is -0.698. The van der Waals surface area contributed by atoms with E-state index in [1.807, 2.05) is 18.2 Å². The second kappa shape index (κ2) is 10.4. The number of anilines is 1. The number of nitrogens with one attached hydrogen (secondary N) is 2. The molecule has 0 bridgehead atoms. The number of halogens is 1. The van der Waals surface area contributed by atoms with E-state index in [4.69, 9.17) is 12.2 Å². The Morgan fingerprint density at radius 1 is 1.17 bits per heavy atom. The first-order valence-corrected chi connectivity index (χ1v) is 13.1. The van der Waals surface area contributed by atoms with Crippen LogP contribution < -0.4 is 10.6 Å². The number of carbonyl (C=O) groups is 1. The second-order valence-corrected chi connectivity index (χ2v) is 10.1. The van der Waals surface area contributed by atoms with Crippen molar-refractivity contribution in [3.63, 3.8) is 0 Å². The summed E-state index contributed by atoms with van der Waals surface area (Å²) in [6.07, 6.45) is 6.94. The second-order valence-electron chi connectivity index (χ2n) is 9.73. The van der Waals surface area contributed by atoms with Gasteiger partial charge in [-0.1, -0.05) is 31.0 Å². The number of thiocarbonyl (C=S) groups is 1. The fraction of sp³-hybridized carbons (Fsp3) is 0.393. The van der Waals surface area contributed by atoms with Crippen molar-refractivity contribution in [2.45, 2.75) is 64.1 Å². The molecule has 2 atom stereocenters. The summed E-state index contributed by atoms with van der Waals surface area (Å²) in [6, 6.07) is 14.7. The Balaban J connectivity index is 1.43. The van der Waals surface area contributed by atoms with Crippen LogP contribution in [0.2, 0.25) is 0 Å². The lowest BCUT2D eigenvalue weighted by Crippen LogP contribution is -2.33. The summed E-state index contributed by atoms with van der Waals surface area (Å²) in [5.41, 5.74) is 4.81. The number of aryl methyl sites for hydroxylation is 1. The molecule has 2 aromatic heterocycles. The van der Waals surface area contributed by atoms with Crippen molar-refractivity contribution >= 4 is 28.9 Å². The van der Waals surface area contributed by atoms with Crippen molar-refractivity contribution in [3.8, 4) is 0 Å². The summed E-state index contributed by atoms with van der Waals surface area (Å²) in [5, 5.41) is 6.76. The molecular weight excluding hydrogens is 473 g/mol. The summed E-state index contributed by atoms with van der Waals surface area (Å²) in [6.45, 7) is 4.78. The molecule has 2 fully saturated rings. The first-order chi connectivity index (χ1) is 17.4. The van der Waals surface area contributed by atoms with Gasteiger partial charge in [0.25, 0.3) is 0 Å². The molecule has 0 unspecified atom stereocenters. The topological polar surface area (TPSA) is 62.2 Å². The Bertz CT molecular complexity index is 1250. The van der Waals surface area contributed by atoms with E-state index in [0.29, 0.717) is 17.7 Å². The minimum atomic E-state index is -0.448. The van der Waals surface area contributed by atoms with Crippen LogP contribution in [-0.4, -0.2) is 32.0 Å². The SMILES string of the molecule is Cc1cc([C@H]2[C@@H](c3ccccn3)NC(=S)N2CCC(=O)Nc2ccccc2F)c(C)n1C1CCCC1. The van der Waals surface area contributed by atoms with E-state index in [1.54, 1.807) is 24.4 Å². The molecule has 1 saturated heterocycles. The molecule has 188 valence electrons. The van der Waals surface area contributed by atoms with Crippen molar-refractivity contribution in [1.29, 1.82) is 0 Å². The van der Waals surface area contributed by atoms with Crippen LogP contribution in [0.1, 0.15) is 72.9 Å². The maximum absolute atomic E-state index is 14.0. The van der Waals surface area contributed by atoms with Gasteiger partial charge < -0.3 is 20.1 Å². The molecule has 5 rings (SSSR count). The molecule has 1 aromatic carbocycles. The smallest absolute Gasteiger partial charge is 0.226 e. The number of hydrogen-bond acceptors (Lipinski definition) is 3. The molecule has 6 nitrogen and oxygen atoms in total. The number of pyridine rings is 1. The summed E-state index contributed by atoms with van der Waals surface area (Å²) >= 11 is 5.78. The Morgan fingerprint density at radius 3 is 2.64 bits per heavy atom. The normalized spacial score (nSPS) is 20.1. The zero-order chi connectivity index (χ0) is 25.2. The number of aromatic nitrogens is 2. The highest BCUT2D eigenvalue weighted by Gasteiger charge is 2.41. The molecule has 0 radical (unpaired) electrons. The van der Waals surface area contributed by atoms with Gasteiger partial charge >= 0.3 is 0 Å². The lowest BCUT2D eigenvalue weighted by Gasteiger charge is -2.28. The Labute approximate surface area is 216 Å². The van der Waals surface area contributed by atoms with Gasteiger partial charge in [0, 0.05) is 36.6 Å². The molecule has 3 heterocycles. The van der Waals surface area contributed by atoms with Crippen LogP contribution in [0.5, 0.6) is 0 Å². The first kappa shape index (κ1) is 24.4. The van der Waals surface area contributed by atoms with Gasteiger partial charge in [-0.3, -0.25) is 9.78 Å². The lowest BCUT2D eigenvalue weighted by atomic mass is 9.96. The molecule has 1 aliphatic heterocycles. The van der Waals surface area contributed by atoms with E-state index in [1.165, 1.54) is 48.7 Å². The summed E-state index contributed by atoms with van der Waals surface area (Å²) < 4.78 is 16.5. The molecule has 3 aromatic rings. The molecule has 1 aliphatic carbocycles. The van der Waals surface area contributed by atoms with E-state index in [0.717, 1.165) is 5.69 Å². The predicted molar refractivity (Wildman–Crippen MR) is 143 cm³/mol. The molecule has 1 amide bonds. The summed E-state index contributed by atoms with van der Waals surface area (Å²) in [4.78, 5) is 19.5. The molecular formula is C28H32FN5OS. The number of rotatable bonds is 7. The monoisotopic (exact) mass is 505 g/mol. The van der Waals surface area contributed by atoms with E-state index in [-0.39, 0.29) is 30.1 Å². The number of amides is 1. The highest BCUT2D eigenvalue weighted by molar-refractivity contribution is 7.80. The molecule has 36 heavy (non-hydrogen) atoms. The van der Waals surface area contributed by atoms with Crippen molar-refractivity contribution in [2.75, 3.05) is 11.9 Å². The van der Waals surface area contributed by atoms with Gasteiger partial charge in [0.2, 0.25) is 5.91 Å². The predicted octanol–water partition coefficient (Wildman–Crippen LogP) is 5.76. The minimum Gasteiger partial charge on any atom is -0.352 e. The largest absolute Gasteiger partial charge is 0.352 e. The Hall–Kier alpha value is -3.26. The van der Waals surface area contributed by atoms with Crippen LogP contribution in [-0.2, 0) is 4.79 Å². The third kappa shape index (κ3) is 4.74. The van der Waals surface area contributed by atoms with Crippen molar-refractivity contribution in [1.82, 2.24) is 19.8 Å². The molecule has 0 spiro atoms. The van der Waals surface area contributed by atoms with Gasteiger partial charge in [-0.25, -0.2) is 4.39 Å². The number of hydrogen-bond donors (Lipinski definition) is 2. The van der Waals surface area contributed by atoms with E-state index in [9.17, 15) is 9.18 Å². The van der Waals surface area contributed by atoms with E-state index < -0.39 is 5.82 Å². The average molecular weight is 506 g/mol. The first-order valence-electron chi connectivity index (χ1n) is 12.6. The maximum Gasteiger partial charge on any atom is 0.226 e. The average Bonchev–Trinajstić information content (AvgIpc) is 3.58. The number of nitrogens with zero attached hydrogens (tertiary/aromatic N) is 3. The van der Waals surface area contributed by atoms with Crippen molar-refractivity contribution < 1.29 is 9.18 Å². The van der Waals surface area contributed by atoms with Crippen LogP contribution >= 0.6 is 12.2 Å². The van der Waals surface area contributed by atoms with Crippen LogP contribution in [0.3, 0.4) is 0 Å². The Morgan fingerprint density at radius 2 is 1.92 bits per heavy atom. The van der Waals surface area contributed by atoms with Gasteiger partial charge in [-0.2, -0.15) is 0 Å².